The molecule has 1 saturated carbocycles. The molecule has 0 aliphatic heterocycles. The lowest BCUT2D eigenvalue weighted by Crippen LogP contribution is -2.29. The highest BCUT2D eigenvalue weighted by Gasteiger charge is 2.29. The molecule has 22 heavy (non-hydrogen) atoms. The molecule has 1 aromatic heterocycles. The molecule has 1 aliphatic rings. The second-order valence-corrected chi connectivity index (χ2v) is 5.89. The Balaban J connectivity index is 1.48. The molecule has 0 bridgehead atoms. The minimum Gasteiger partial charge on any atom is -0.424 e. The molecule has 0 spiro atoms. The average Bonchev–Trinajstić information content (AvgIpc) is 3.22. The van der Waals surface area contributed by atoms with E-state index in [1.165, 1.54) is 0 Å². The molecule has 3 rings (SSSR count). The van der Waals surface area contributed by atoms with E-state index in [9.17, 15) is 4.79 Å². The highest BCUT2D eigenvalue weighted by atomic mass is 16.4. The molecule has 0 atom stereocenters. The van der Waals surface area contributed by atoms with Crippen molar-refractivity contribution in [3.63, 3.8) is 0 Å². The van der Waals surface area contributed by atoms with Gasteiger partial charge in [-0.15, -0.1) is 10.2 Å². The van der Waals surface area contributed by atoms with Crippen LogP contribution in [0.2, 0.25) is 0 Å². The summed E-state index contributed by atoms with van der Waals surface area (Å²) in [6.45, 7) is 2.76. The van der Waals surface area contributed by atoms with Crippen molar-refractivity contribution in [2.24, 2.45) is 0 Å². The van der Waals surface area contributed by atoms with Crippen LogP contribution in [0.4, 0.5) is 5.69 Å². The van der Waals surface area contributed by atoms with Crippen molar-refractivity contribution in [1.29, 1.82) is 0 Å². The normalized spacial score (nSPS) is 14.3. The van der Waals surface area contributed by atoms with E-state index in [4.69, 9.17) is 4.42 Å². The molecular formula is C16H20N4O2. The largest absolute Gasteiger partial charge is 0.424 e. The number of hydrogen-bond donors (Lipinski definition) is 1. The molecule has 2 aromatic rings. The monoisotopic (exact) mass is 300 g/mol. The first-order valence-electron chi connectivity index (χ1n) is 7.47. The van der Waals surface area contributed by atoms with Crippen molar-refractivity contribution >= 4 is 11.6 Å². The van der Waals surface area contributed by atoms with Crippen LogP contribution in [0.25, 0.3) is 0 Å². The van der Waals surface area contributed by atoms with Crippen LogP contribution in [0.1, 0.15) is 36.1 Å². The van der Waals surface area contributed by atoms with Gasteiger partial charge in [0, 0.05) is 11.6 Å². The van der Waals surface area contributed by atoms with Crippen molar-refractivity contribution in [2.45, 2.75) is 32.2 Å². The van der Waals surface area contributed by atoms with Gasteiger partial charge in [0.05, 0.1) is 13.1 Å². The SMILES string of the molecule is Cc1ccc(NC(=O)CN(C)Cc2nnc(C3CC3)o2)cc1. The number of benzene rings is 1. The second kappa shape index (κ2) is 6.27. The number of nitrogens with one attached hydrogen (secondary N) is 1. The summed E-state index contributed by atoms with van der Waals surface area (Å²) in [5, 5.41) is 10.9. The fourth-order valence-corrected chi connectivity index (χ4v) is 2.20. The molecular weight excluding hydrogens is 280 g/mol. The van der Waals surface area contributed by atoms with E-state index in [0.717, 1.165) is 30.0 Å². The maximum absolute atomic E-state index is 12.0. The van der Waals surface area contributed by atoms with Crippen LogP contribution >= 0.6 is 0 Å². The highest BCUT2D eigenvalue weighted by molar-refractivity contribution is 5.92. The van der Waals surface area contributed by atoms with Gasteiger partial charge in [-0.2, -0.15) is 0 Å². The Morgan fingerprint density at radius 3 is 2.73 bits per heavy atom. The summed E-state index contributed by atoms with van der Waals surface area (Å²) in [7, 11) is 1.86. The summed E-state index contributed by atoms with van der Waals surface area (Å²) < 4.78 is 5.60. The van der Waals surface area contributed by atoms with Gasteiger partial charge >= 0.3 is 0 Å². The van der Waals surface area contributed by atoms with Gasteiger partial charge in [0.15, 0.2) is 0 Å². The smallest absolute Gasteiger partial charge is 0.238 e. The maximum Gasteiger partial charge on any atom is 0.238 e. The Kier molecular flexibility index (Phi) is 4.20. The first kappa shape index (κ1) is 14.7. The lowest BCUT2D eigenvalue weighted by atomic mass is 10.2. The average molecular weight is 300 g/mol. The molecule has 0 radical (unpaired) electrons. The van der Waals surface area contributed by atoms with E-state index in [0.29, 0.717) is 18.4 Å². The van der Waals surface area contributed by atoms with Gasteiger partial charge in [-0.3, -0.25) is 9.69 Å². The molecule has 0 saturated heterocycles. The van der Waals surface area contributed by atoms with Crippen molar-refractivity contribution in [3.8, 4) is 0 Å². The minimum atomic E-state index is -0.0618. The van der Waals surface area contributed by atoms with Crippen molar-refractivity contribution in [2.75, 3.05) is 18.9 Å². The topological polar surface area (TPSA) is 71.3 Å². The zero-order valence-corrected chi connectivity index (χ0v) is 12.9. The molecule has 1 aromatic carbocycles. The van der Waals surface area contributed by atoms with Crippen molar-refractivity contribution in [1.82, 2.24) is 15.1 Å². The van der Waals surface area contributed by atoms with Gasteiger partial charge in [0.2, 0.25) is 17.7 Å². The van der Waals surface area contributed by atoms with Crippen LogP contribution in [-0.4, -0.2) is 34.6 Å². The number of hydrogen-bond acceptors (Lipinski definition) is 5. The standard InChI is InChI=1S/C16H20N4O2/c1-11-3-7-13(8-4-11)17-14(21)9-20(2)10-15-18-19-16(22-15)12-5-6-12/h3-4,7-8,12H,5-6,9-10H2,1-2H3,(H,17,21). The predicted octanol–water partition coefficient (Wildman–Crippen LogP) is 2.33. The van der Waals surface area contributed by atoms with Crippen LogP contribution in [0.5, 0.6) is 0 Å². The summed E-state index contributed by atoms with van der Waals surface area (Å²) in [6, 6.07) is 7.73. The number of carbonyl (C=O) groups is 1. The van der Waals surface area contributed by atoms with Crippen LogP contribution < -0.4 is 5.32 Å². The number of carbonyl (C=O) groups excluding carboxylic acids is 1. The van der Waals surface area contributed by atoms with E-state index >= 15 is 0 Å². The Morgan fingerprint density at radius 1 is 1.32 bits per heavy atom. The predicted molar refractivity (Wildman–Crippen MR) is 82.4 cm³/mol. The Bertz CT molecular complexity index is 646. The number of aryl methyl sites for hydroxylation is 1. The van der Waals surface area contributed by atoms with Gasteiger partial charge in [-0.25, -0.2) is 0 Å². The molecule has 6 heteroatoms. The summed E-state index contributed by atoms with van der Waals surface area (Å²) >= 11 is 0. The molecule has 0 unspecified atom stereocenters. The quantitative estimate of drug-likeness (QED) is 0.886. The van der Waals surface area contributed by atoms with E-state index in [-0.39, 0.29) is 12.5 Å². The maximum atomic E-state index is 12.0. The molecule has 1 heterocycles. The van der Waals surface area contributed by atoms with E-state index in [1.54, 1.807) is 0 Å². The summed E-state index contributed by atoms with van der Waals surface area (Å²) in [5.41, 5.74) is 1.97. The highest BCUT2D eigenvalue weighted by Crippen LogP contribution is 2.39. The second-order valence-electron chi connectivity index (χ2n) is 5.89. The molecule has 116 valence electrons. The fourth-order valence-electron chi connectivity index (χ4n) is 2.20. The number of likely N-dealkylation sites (N-methyl/N-ethyl adjacent to an activating group) is 1. The van der Waals surface area contributed by atoms with Crippen LogP contribution in [0.15, 0.2) is 28.7 Å². The lowest BCUT2D eigenvalue weighted by Gasteiger charge is -2.14. The van der Waals surface area contributed by atoms with Gasteiger partial charge in [-0.05, 0) is 38.9 Å². The zero-order valence-electron chi connectivity index (χ0n) is 12.9. The van der Waals surface area contributed by atoms with E-state index < -0.39 is 0 Å². The Hall–Kier alpha value is -2.21. The van der Waals surface area contributed by atoms with Crippen LogP contribution in [0.3, 0.4) is 0 Å². The van der Waals surface area contributed by atoms with Gasteiger partial charge in [-0.1, -0.05) is 17.7 Å². The van der Waals surface area contributed by atoms with Gasteiger partial charge < -0.3 is 9.73 Å². The third-order valence-electron chi connectivity index (χ3n) is 3.56. The van der Waals surface area contributed by atoms with E-state index in [2.05, 4.69) is 15.5 Å². The van der Waals surface area contributed by atoms with Crippen molar-refractivity contribution < 1.29 is 9.21 Å². The first-order chi connectivity index (χ1) is 10.6. The molecule has 1 amide bonds. The number of amides is 1. The van der Waals surface area contributed by atoms with Gasteiger partial charge in [0.1, 0.15) is 0 Å². The number of rotatable bonds is 6. The van der Waals surface area contributed by atoms with Crippen molar-refractivity contribution in [3.05, 3.63) is 41.6 Å². The molecule has 6 nitrogen and oxygen atoms in total. The molecule has 1 N–H and O–H groups in total. The Labute approximate surface area is 129 Å². The minimum absolute atomic E-state index is 0.0618. The van der Waals surface area contributed by atoms with Crippen LogP contribution in [0, 0.1) is 6.92 Å². The van der Waals surface area contributed by atoms with Gasteiger partial charge in [0.25, 0.3) is 0 Å². The van der Waals surface area contributed by atoms with Crippen LogP contribution in [-0.2, 0) is 11.3 Å². The third kappa shape index (κ3) is 3.92. The van der Waals surface area contributed by atoms with E-state index in [1.807, 2.05) is 43.1 Å². The summed E-state index contributed by atoms with van der Waals surface area (Å²) in [5.74, 6) is 1.68. The number of anilines is 1. The lowest BCUT2D eigenvalue weighted by molar-refractivity contribution is -0.117. The summed E-state index contributed by atoms with van der Waals surface area (Å²) in [4.78, 5) is 13.9. The first-order valence-corrected chi connectivity index (χ1v) is 7.47. The number of aromatic nitrogens is 2. The molecule has 1 fully saturated rings. The fraction of sp³-hybridized carbons (Fsp3) is 0.438. The third-order valence-corrected chi connectivity index (χ3v) is 3.56. The Morgan fingerprint density at radius 2 is 2.05 bits per heavy atom. The number of nitrogens with zero attached hydrogens (tertiary/aromatic N) is 3. The zero-order chi connectivity index (χ0) is 15.5. The molecule has 1 aliphatic carbocycles. The summed E-state index contributed by atoms with van der Waals surface area (Å²) in [6.07, 6.45) is 2.27.